The van der Waals surface area contributed by atoms with E-state index in [1.165, 1.54) is 11.3 Å². The number of hydrogen-bond acceptors (Lipinski definition) is 4. The van der Waals surface area contributed by atoms with Gasteiger partial charge in [-0.05, 0) is 17.2 Å². The number of anilines is 1. The number of amides is 2. The van der Waals surface area contributed by atoms with Crippen molar-refractivity contribution in [2.75, 3.05) is 11.9 Å². The molecule has 0 spiro atoms. The highest BCUT2D eigenvalue weighted by Crippen LogP contribution is 2.29. The van der Waals surface area contributed by atoms with Crippen LogP contribution in [0.4, 0.5) is 5.00 Å². The third kappa shape index (κ3) is 5.51. The fraction of sp³-hybridized carbons (Fsp3) is 0.143. The van der Waals surface area contributed by atoms with Crippen molar-refractivity contribution in [3.8, 4) is 0 Å². The molecular formula is C21H20N2O3S. The number of hydrogen-bond donors (Lipinski definition) is 2. The summed E-state index contributed by atoms with van der Waals surface area (Å²) in [7, 11) is 0. The van der Waals surface area contributed by atoms with Gasteiger partial charge in [-0.25, -0.2) is 0 Å². The van der Waals surface area contributed by atoms with E-state index in [0.29, 0.717) is 23.6 Å². The molecule has 5 nitrogen and oxygen atoms in total. The van der Waals surface area contributed by atoms with Crippen LogP contribution in [-0.2, 0) is 22.6 Å². The molecule has 138 valence electrons. The molecule has 0 aliphatic carbocycles. The average Bonchev–Trinajstić information content (AvgIpc) is 3.06. The Bertz CT molecular complexity index is 908. The third-order valence-corrected chi connectivity index (χ3v) is 4.92. The van der Waals surface area contributed by atoms with Crippen LogP contribution in [0, 0.1) is 0 Å². The summed E-state index contributed by atoms with van der Waals surface area (Å²) in [6.45, 7) is 0.250. The molecule has 1 heterocycles. The minimum absolute atomic E-state index is 0.0982. The standard InChI is InChI=1S/C21H20N2O3S/c22-20(25)18-12-17(11-15-7-3-1-4-8-15)27-21(18)23-19(24)14-26-13-16-9-5-2-6-10-16/h1-10,12H,11,13-14H2,(H2,22,25)(H,23,24). The van der Waals surface area contributed by atoms with E-state index in [9.17, 15) is 9.59 Å². The van der Waals surface area contributed by atoms with E-state index in [1.807, 2.05) is 60.7 Å². The van der Waals surface area contributed by atoms with Crippen LogP contribution in [0.3, 0.4) is 0 Å². The molecule has 27 heavy (non-hydrogen) atoms. The second kappa shape index (κ2) is 9.12. The summed E-state index contributed by atoms with van der Waals surface area (Å²) in [6.07, 6.45) is 0.673. The van der Waals surface area contributed by atoms with Crippen molar-refractivity contribution >= 4 is 28.2 Å². The number of carbonyl (C=O) groups is 2. The summed E-state index contributed by atoms with van der Waals surface area (Å²) in [4.78, 5) is 24.8. The highest BCUT2D eigenvalue weighted by molar-refractivity contribution is 7.16. The predicted molar refractivity (Wildman–Crippen MR) is 107 cm³/mol. The fourth-order valence-electron chi connectivity index (χ4n) is 2.60. The van der Waals surface area contributed by atoms with Gasteiger partial charge >= 0.3 is 0 Å². The number of rotatable bonds is 8. The molecule has 0 fully saturated rings. The molecule has 0 saturated carbocycles. The molecule has 3 N–H and O–H groups in total. The van der Waals surface area contributed by atoms with Gasteiger partial charge in [-0.2, -0.15) is 0 Å². The van der Waals surface area contributed by atoms with Gasteiger partial charge in [0.25, 0.3) is 11.8 Å². The number of ether oxygens (including phenoxy) is 1. The first-order chi connectivity index (χ1) is 13.1. The molecule has 0 unspecified atom stereocenters. The normalized spacial score (nSPS) is 10.5. The Morgan fingerprint density at radius 1 is 0.963 bits per heavy atom. The number of primary amides is 1. The van der Waals surface area contributed by atoms with Crippen LogP contribution < -0.4 is 11.1 Å². The van der Waals surface area contributed by atoms with Crippen molar-refractivity contribution in [2.45, 2.75) is 13.0 Å². The lowest BCUT2D eigenvalue weighted by Gasteiger charge is -2.06. The molecule has 0 atom stereocenters. The lowest BCUT2D eigenvalue weighted by atomic mass is 10.1. The second-order valence-electron chi connectivity index (χ2n) is 6.01. The Balaban J connectivity index is 1.61. The smallest absolute Gasteiger partial charge is 0.251 e. The van der Waals surface area contributed by atoms with Crippen LogP contribution in [0.25, 0.3) is 0 Å². The lowest BCUT2D eigenvalue weighted by Crippen LogP contribution is -2.20. The van der Waals surface area contributed by atoms with Crippen LogP contribution in [0.5, 0.6) is 0 Å². The van der Waals surface area contributed by atoms with Gasteiger partial charge in [-0.15, -0.1) is 11.3 Å². The molecule has 1 aromatic heterocycles. The molecule has 0 aliphatic heterocycles. The Morgan fingerprint density at radius 2 is 1.59 bits per heavy atom. The first kappa shape index (κ1) is 18.8. The van der Waals surface area contributed by atoms with Gasteiger partial charge in [0.15, 0.2) is 0 Å². The van der Waals surface area contributed by atoms with Gasteiger partial charge in [0.2, 0.25) is 0 Å². The molecule has 0 saturated heterocycles. The first-order valence-electron chi connectivity index (χ1n) is 8.50. The predicted octanol–water partition coefficient (Wildman–Crippen LogP) is 3.59. The second-order valence-corrected chi connectivity index (χ2v) is 7.15. The SMILES string of the molecule is NC(=O)c1cc(Cc2ccccc2)sc1NC(=O)COCc1ccccc1. The average molecular weight is 380 g/mol. The monoisotopic (exact) mass is 380 g/mol. The zero-order chi connectivity index (χ0) is 19.1. The molecule has 3 rings (SSSR count). The van der Waals surface area contributed by atoms with Crippen LogP contribution >= 0.6 is 11.3 Å². The van der Waals surface area contributed by atoms with Crippen molar-refractivity contribution in [3.63, 3.8) is 0 Å². The van der Waals surface area contributed by atoms with E-state index in [-0.39, 0.29) is 12.5 Å². The van der Waals surface area contributed by atoms with E-state index in [1.54, 1.807) is 6.07 Å². The summed E-state index contributed by atoms with van der Waals surface area (Å²) >= 11 is 1.35. The fourth-order valence-corrected chi connectivity index (χ4v) is 3.71. The van der Waals surface area contributed by atoms with E-state index in [2.05, 4.69) is 5.32 Å². The Hall–Kier alpha value is -2.96. The number of carbonyl (C=O) groups excluding carboxylic acids is 2. The topological polar surface area (TPSA) is 81.4 Å². The number of nitrogens with two attached hydrogens (primary N) is 1. The van der Waals surface area contributed by atoms with Crippen molar-refractivity contribution in [3.05, 3.63) is 88.3 Å². The minimum atomic E-state index is -0.564. The van der Waals surface area contributed by atoms with Crippen LogP contribution in [0.1, 0.15) is 26.4 Å². The molecule has 2 aromatic carbocycles. The minimum Gasteiger partial charge on any atom is -0.367 e. The molecule has 6 heteroatoms. The zero-order valence-corrected chi connectivity index (χ0v) is 15.5. The molecule has 3 aromatic rings. The maximum atomic E-state index is 12.2. The van der Waals surface area contributed by atoms with Crippen molar-refractivity contribution < 1.29 is 14.3 Å². The zero-order valence-electron chi connectivity index (χ0n) is 14.7. The van der Waals surface area contributed by atoms with Gasteiger partial charge in [0.05, 0.1) is 12.2 Å². The van der Waals surface area contributed by atoms with E-state index in [0.717, 1.165) is 16.0 Å². The van der Waals surface area contributed by atoms with E-state index in [4.69, 9.17) is 10.5 Å². The Labute approximate surface area is 161 Å². The lowest BCUT2D eigenvalue weighted by molar-refractivity contribution is -0.120. The largest absolute Gasteiger partial charge is 0.367 e. The highest BCUT2D eigenvalue weighted by atomic mass is 32.1. The summed E-state index contributed by atoms with van der Waals surface area (Å²) in [6, 6.07) is 21.2. The van der Waals surface area contributed by atoms with Crippen molar-refractivity contribution in [2.24, 2.45) is 5.73 Å². The summed E-state index contributed by atoms with van der Waals surface area (Å²) in [5.74, 6) is -0.882. The molecular weight excluding hydrogens is 360 g/mol. The Morgan fingerprint density at radius 3 is 2.22 bits per heavy atom. The highest BCUT2D eigenvalue weighted by Gasteiger charge is 2.16. The molecule has 0 aliphatic rings. The van der Waals surface area contributed by atoms with Gasteiger partial charge in [-0.1, -0.05) is 60.7 Å². The van der Waals surface area contributed by atoms with Gasteiger partial charge < -0.3 is 15.8 Å². The number of nitrogens with one attached hydrogen (secondary N) is 1. The van der Waals surface area contributed by atoms with Crippen molar-refractivity contribution in [1.29, 1.82) is 0 Å². The van der Waals surface area contributed by atoms with Gasteiger partial charge in [0, 0.05) is 11.3 Å². The van der Waals surface area contributed by atoms with E-state index >= 15 is 0 Å². The van der Waals surface area contributed by atoms with Crippen LogP contribution in [0.15, 0.2) is 66.7 Å². The number of thiophene rings is 1. The van der Waals surface area contributed by atoms with Gasteiger partial charge in [0.1, 0.15) is 11.6 Å². The van der Waals surface area contributed by atoms with Crippen LogP contribution in [-0.4, -0.2) is 18.4 Å². The summed E-state index contributed by atoms with van der Waals surface area (Å²) < 4.78 is 5.43. The summed E-state index contributed by atoms with van der Waals surface area (Å²) in [5, 5.41) is 3.20. The molecule has 0 bridgehead atoms. The third-order valence-electron chi connectivity index (χ3n) is 3.87. The van der Waals surface area contributed by atoms with Crippen molar-refractivity contribution in [1.82, 2.24) is 0 Å². The van der Waals surface area contributed by atoms with Crippen LogP contribution in [0.2, 0.25) is 0 Å². The number of benzene rings is 2. The maximum absolute atomic E-state index is 12.2. The molecule has 0 radical (unpaired) electrons. The quantitative estimate of drug-likeness (QED) is 0.626. The summed E-state index contributed by atoms with van der Waals surface area (Å²) in [5.41, 5.74) is 7.89. The molecule has 2 amide bonds. The first-order valence-corrected chi connectivity index (χ1v) is 9.31. The maximum Gasteiger partial charge on any atom is 0.251 e. The van der Waals surface area contributed by atoms with E-state index < -0.39 is 5.91 Å². The van der Waals surface area contributed by atoms with Gasteiger partial charge in [-0.3, -0.25) is 9.59 Å². The Kier molecular flexibility index (Phi) is 6.35.